The van der Waals surface area contributed by atoms with Crippen molar-refractivity contribution in [3.63, 3.8) is 0 Å². The van der Waals surface area contributed by atoms with Crippen LogP contribution in [0.2, 0.25) is 5.02 Å². The number of methoxy groups -OCH3 is 2. The van der Waals surface area contributed by atoms with Crippen LogP contribution in [0.1, 0.15) is 33.1 Å². The van der Waals surface area contributed by atoms with Gasteiger partial charge in [0.05, 0.1) is 14.2 Å². The second kappa shape index (κ2) is 9.97. The first-order valence-corrected chi connectivity index (χ1v) is 11.1. The van der Waals surface area contributed by atoms with E-state index in [1.54, 1.807) is 55.5 Å². The van der Waals surface area contributed by atoms with Gasteiger partial charge in [-0.15, -0.1) is 10.1 Å². The fourth-order valence-corrected chi connectivity index (χ4v) is 4.07. The molecule has 0 bridgehead atoms. The first-order chi connectivity index (χ1) is 16.4. The van der Waals surface area contributed by atoms with Gasteiger partial charge >= 0.3 is 5.91 Å². The molecule has 2 N–H and O–H groups in total. The van der Waals surface area contributed by atoms with E-state index in [1.807, 2.05) is 43.3 Å². The first-order valence-electron chi connectivity index (χ1n) is 10.7. The highest BCUT2D eigenvalue weighted by Gasteiger charge is 2.47. The number of hydrazine groups is 1. The summed E-state index contributed by atoms with van der Waals surface area (Å²) in [5.41, 5.74) is 5.91. The normalized spacial score (nSPS) is 18.5. The zero-order valence-electron chi connectivity index (χ0n) is 19.0. The first kappa shape index (κ1) is 23.3. The topological polar surface area (TPSA) is 79.7 Å². The summed E-state index contributed by atoms with van der Waals surface area (Å²) >= 11 is 6.09. The minimum Gasteiger partial charge on any atom is -0.493 e. The molecule has 7 nitrogen and oxygen atoms in total. The van der Waals surface area contributed by atoms with Crippen LogP contribution in [0.3, 0.4) is 0 Å². The van der Waals surface area contributed by atoms with Gasteiger partial charge in [-0.25, -0.2) is 0 Å². The van der Waals surface area contributed by atoms with Crippen molar-refractivity contribution in [1.82, 2.24) is 10.7 Å². The molecular weight excluding hydrogens is 454 g/mol. The van der Waals surface area contributed by atoms with Gasteiger partial charge in [0.2, 0.25) is 12.3 Å². The highest BCUT2D eigenvalue weighted by Crippen LogP contribution is 2.29. The summed E-state index contributed by atoms with van der Waals surface area (Å²) in [7, 11) is 3.13. The molecule has 2 amide bonds. The van der Waals surface area contributed by atoms with E-state index in [4.69, 9.17) is 21.1 Å². The Morgan fingerprint density at radius 3 is 2.44 bits per heavy atom. The van der Waals surface area contributed by atoms with Gasteiger partial charge in [0.1, 0.15) is 0 Å². The smallest absolute Gasteiger partial charge is 0.304 e. The van der Waals surface area contributed by atoms with Crippen LogP contribution in [-0.4, -0.2) is 43.0 Å². The van der Waals surface area contributed by atoms with Gasteiger partial charge in [0, 0.05) is 21.7 Å². The van der Waals surface area contributed by atoms with Crippen LogP contribution in [0.25, 0.3) is 0 Å². The van der Waals surface area contributed by atoms with Gasteiger partial charge in [-0.2, -0.15) is 0 Å². The summed E-state index contributed by atoms with van der Waals surface area (Å²) in [5, 5.41) is 3.48. The van der Waals surface area contributed by atoms with E-state index in [0.717, 1.165) is 16.7 Å². The van der Waals surface area contributed by atoms with Crippen LogP contribution in [-0.2, 0) is 4.79 Å². The Bertz CT molecular complexity index is 1260. The van der Waals surface area contributed by atoms with E-state index in [0.29, 0.717) is 22.1 Å². The van der Waals surface area contributed by atoms with Crippen LogP contribution in [0, 0.1) is 6.92 Å². The van der Waals surface area contributed by atoms with Gasteiger partial charge in [-0.05, 0) is 49.4 Å². The highest BCUT2D eigenvalue weighted by molar-refractivity contribution is 6.30. The number of carbonyl (C=O) groups is 2. The van der Waals surface area contributed by atoms with E-state index in [-0.39, 0.29) is 11.8 Å². The molecule has 0 aromatic heterocycles. The summed E-state index contributed by atoms with van der Waals surface area (Å²) in [4.78, 5) is 26.0. The maximum Gasteiger partial charge on any atom is 0.304 e. The molecule has 34 heavy (non-hydrogen) atoms. The number of hydrogen-bond acceptors (Lipinski definition) is 4. The maximum atomic E-state index is 13.0. The van der Waals surface area contributed by atoms with Crippen molar-refractivity contribution in [2.45, 2.75) is 19.0 Å². The minimum absolute atomic E-state index is 0.322. The van der Waals surface area contributed by atoms with Crippen molar-refractivity contribution in [2.24, 2.45) is 0 Å². The lowest BCUT2D eigenvalue weighted by Crippen LogP contribution is -2.42. The Morgan fingerprint density at radius 1 is 1.03 bits per heavy atom. The molecule has 174 valence electrons. The number of aryl methyl sites for hydroxylation is 1. The second-order valence-corrected chi connectivity index (χ2v) is 8.38. The van der Waals surface area contributed by atoms with Gasteiger partial charge in [-0.1, -0.05) is 41.4 Å². The monoisotopic (exact) mass is 478 g/mol. The average molecular weight is 479 g/mol. The molecule has 1 fully saturated rings. The van der Waals surface area contributed by atoms with E-state index < -0.39 is 12.1 Å². The van der Waals surface area contributed by atoms with Gasteiger partial charge in [-0.3, -0.25) is 9.59 Å². The fourth-order valence-electron chi connectivity index (χ4n) is 3.94. The average Bonchev–Trinajstić information content (AvgIpc) is 3.13. The summed E-state index contributed by atoms with van der Waals surface area (Å²) in [5.74, 6) is 0.519. The summed E-state index contributed by atoms with van der Waals surface area (Å²) < 4.78 is 12.4. The molecule has 0 unspecified atom stereocenters. The SMILES string of the molecule is COc1ccc(/C=[N+]2\NC(=O)[C@@H](NC(=O)c3cccc(C)c3)[C@H]2c2ccc(Cl)cc2)cc1OC. The zero-order chi connectivity index (χ0) is 24.2. The molecule has 3 aromatic carbocycles. The number of carbonyl (C=O) groups excluding carboxylic acids is 2. The Morgan fingerprint density at radius 2 is 1.76 bits per heavy atom. The lowest BCUT2D eigenvalue weighted by Gasteiger charge is -2.15. The van der Waals surface area contributed by atoms with E-state index in [1.165, 1.54) is 0 Å². The molecular formula is C26H25ClN3O4+. The number of benzene rings is 3. The lowest BCUT2D eigenvalue weighted by atomic mass is 9.99. The molecule has 1 aliphatic rings. The maximum absolute atomic E-state index is 13.0. The number of hydrazone groups is 1. The van der Waals surface area contributed by atoms with E-state index >= 15 is 0 Å². The lowest BCUT2D eigenvalue weighted by molar-refractivity contribution is -0.596. The quantitative estimate of drug-likeness (QED) is 0.530. The molecule has 8 heteroatoms. The molecule has 1 saturated heterocycles. The molecule has 0 aliphatic carbocycles. The van der Waals surface area contributed by atoms with Crippen LogP contribution in [0.15, 0.2) is 66.7 Å². The van der Waals surface area contributed by atoms with Crippen molar-refractivity contribution < 1.29 is 23.7 Å². The van der Waals surface area contributed by atoms with Gasteiger partial charge < -0.3 is 14.8 Å². The number of nitrogens with zero attached hydrogens (tertiary/aromatic N) is 1. The minimum atomic E-state index is -0.828. The summed E-state index contributed by atoms with van der Waals surface area (Å²) in [6.45, 7) is 1.91. The Kier molecular flexibility index (Phi) is 6.84. The molecule has 3 aromatic rings. The standard InChI is InChI=1S/C26H24ClN3O4/c1-16-5-4-6-19(13-16)25(31)28-23-24(18-8-10-20(27)11-9-18)30(29-26(23)32)15-17-7-12-21(33-2)22(14-17)34-3/h4-15,23-24H,1-3H3,(H-,28,29,31,32)/p+1/b30-15-/t23-,24+/m0/s1. The zero-order valence-corrected chi connectivity index (χ0v) is 19.8. The number of amides is 2. The number of ether oxygens (including phenoxy) is 2. The van der Waals surface area contributed by atoms with Gasteiger partial charge in [0.15, 0.2) is 17.5 Å². The molecule has 0 spiro atoms. The highest BCUT2D eigenvalue weighted by atomic mass is 35.5. The predicted octanol–water partition coefficient (Wildman–Crippen LogP) is 3.68. The number of nitrogens with one attached hydrogen (secondary N) is 2. The number of halogens is 1. The number of rotatable bonds is 6. The van der Waals surface area contributed by atoms with Crippen molar-refractivity contribution in [3.05, 3.63) is 94.0 Å². The third-order valence-corrected chi connectivity index (χ3v) is 5.86. The third-order valence-electron chi connectivity index (χ3n) is 5.61. The van der Waals surface area contributed by atoms with Gasteiger partial charge in [0.25, 0.3) is 5.91 Å². The van der Waals surface area contributed by atoms with Crippen LogP contribution in [0.4, 0.5) is 0 Å². The summed E-state index contributed by atoms with van der Waals surface area (Å²) in [6.07, 6.45) is 1.79. The van der Waals surface area contributed by atoms with Crippen LogP contribution >= 0.6 is 11.6 Å². The Hall–Kier alpha value is -3.84. The van der Waals surface area contributed by atoms with Crippen LogP contribution in [0.5, 0.6) is 11.5 Å². The fraction of sp³-hybridized carbons (Fsp3) is 0.192. The third kappa shape index (κ3) is 4.89. The predicted molar refractivity (Wildman–Crippen MR) is 130 cm³/mol. The van der Waals surface area contributed by atoms with Crippen molar-refractivity contribution in [2.75, 3.05) is 14.2 Å². The Labute approximate surface area is 202 Å². The van der Waals surface area contributed by atoms with Crippen LogP contribution < -0.4 is 20.2 Å². The molecule has 0 radical (unpaired) electrons. The van der Waals surface area contributed by atoms with Crippen molar-refractivity contribution in [1.29, 1.82) is 0 Å². The second-order valence-electron chi connectivity index (χ2n) is 7.94. The molecule has 0 saturated carbocycles. The molecule has 2 atom stereocenters. The number of hydrogen-bond donors (Lipinski definition) is 2. The van der Waals surface area contributed by atoms with Crippen molar-refractivity contribution >= 4 is 29.6 Å². The Balaban J connectivity index is 1.72. The largest absolute Gasteiger partial charge is 0.493 e. The summed E-state index contributed by atoms with van der Waals surface area (Å²) in [6, 6.07) is 18.5. The molecule has 1 heterocycles. The van der Waals surface area contributed by atoms with Crippen molar-refractivity contribution in [3.8, 4) is 11.5 Å². The molecule has 1 aliphatic heterocycles. The van der Waals surface area contributed by atoms with E-state index in [2.05, 4.69) is 10.7 Å². The van der Waals surface area contributed by atoms with E-state index in [9.17, 15) is 9.59 Å². The molecule has 4 rings (SSSR count).